The van der Waals surface area contributed by atoms with E-state index < -0.39 is 0 Å². The minimum absolute atomic E-state index is 0.243. The second-order valence-electron chi connectivity index (χ2n) is 4.20. The Labute approximate surface area is 126 Å². The normalized spacial score (nSPS) is 10.6. The van der Waals surface area contributed by atoms with Crippen LogP contribution >= 0.6 is 23.4 Å². The summed E-state index contributed by atoms with van der Waals surface area (Å²) in [6.45, 7) is 5.69. The Hall–Kier alpha value is -1.53. The number of amides is 1. The zero-order valence-electron chi connectivity index (χ0n) is 11.5. The third kappa shape index (κ3) is 3.13. The Bertz CT molecular complexity index is 641. The first-order chi connectivity index (χ1) is 9.52. The number of halogens is 1. The van der Waals surface area contributed by atoms with Crippen molar-refractivity contribution >= 4 is 29.3 Å². The number of nitrogens with zero attached hydrogens (tertiary/aromatic N) is 3. The van der Waals surface area contributed by atoms with E-state index in [4.69, 9.17) is 11.6 Å². The number of nitrogens with one attached hydrogen (secondary N) is 1. The van der Waals surface area contributed by atoms with Crippen molar-refractivity contribution in [1.82, 2.24) is 14.9 Å². The smallest absolute Gasteiger partial charge is 0.267 e. The van der Waals surface area contributed by atoms with Gasteiger partial charge in [0.1, 0.15) is 5.82 Å². The summed E-state index contributed by atoms with van der Waals surface area (Å²) in [5, 5.41) is 9.22. The van der Waals surface area contributed by atoms with E-state index in [1.807, 2.05) is 19.9 Å². The summed E-state index contributed by atoms with van der Waals surface area (Å²) in [7, 11) is 0. The van der Waals surface area contributed by atoms with Crippen molar-refractivity contribution < 1.29 is 4.79 Å². The molecule has 0 bridgehead atoms. The van der Waals surface area contributed by atoms with Crippen molar-refractivity contribution in [2.24, 2.45) is 0 Å². The highest BCUT2D eigenvalue weighted by atomic mass is 35.5. The lowest BCUT2D eigenvalue weighted by molar-refractivity contribution is 0.101. The molecule has 0 spiro atoms. The molecule has 2 aromatic rings. The maximum atomic E-state index is 12.2. The fraction of sp³-hybridized carbons (Fsp3) is 0.308. The first-order valence-electron chi connectivity index (χ1n) is 6.15. The van der Waals surface area contributed by atoms with Crippen LogP contribution < -0.4 is 5.43 Å². The minimum Gasteiger partial charge on any atom is -0.267 e. The molecule has 0 atom stereocenters. The maximum absolute atomic E-state index is 12.2. The molecule has 1 aromatic heterocycles. The van der Waals surface area contributed by atoms with E-state index in [0.29, 0.717) is 21.6 Å². The average Bonchev–Trinajstić information content (AvgIpc) is 2.75. The Morgan fingerprint density at radius 1 is 1.40 bits per heavy atom. The maximum Gasteiger partial charge on any atom is 0.270 e. The molecule has 7 heteroatoms. The van der Waals surface area contributed by atoms with Crippen LogP contribution in [-0.4, -0.2) is 26.5 Å². The summed E-state index contributed by atoms with van der Waals surface area (Å²) in [5.74, 6) is 1.24. The molecule has 0 fully saturated rings. The van der Waals surface area contributed by atoms with Crippen LogP contribution in [0.25, 0.3) is 0 Å². The predicted molar refractivity (Wildman–Crippen MR) is 81.0 cm³/mol. The monoisotopic (exact) mass is 310 g/mol. The number of aromatic nitrogens is 3. The number of hydrogen-bond acceptors (Lipinski definition) is 4. The molecule has 2 rings (SSSR count). The average molecular weight is 311 g/mol. The van der Waals surface area contributed by atoms with Gasteiger partial charge in [-0.25, -0.2) is 4.68 Å². The lowest BCUT2D eigenvalue weighted by Gasteiger charge is -2.10. The molecule has 20 heavy (non-hydrogen) atoms. The molecule has 0 saturated carbocycles. The van der Waals surface area contributed by atoms with Crippen LogP contribution in [0, 0.1) is 13.8 Å². The van der Waals surface area contributed by atoms with E-state index in [-0.39, 0.29) is 5.91 Å². The van der Waals surface area contributed by atoms with Crippen molar-refractivity contribution in [2.75, 3.05) is 11.2 Å². The number of carbonyl (C=O) groups is 1. The van der Waals surface area contributed by atoms with Gasteiger partial charge in [-0.2, -0.15) is 0 Å². The third-order valence-electron chi connectivity index (χ3n) is 2.72. The van der Waals surface area contributed by atoms with Crippen LogP contribution in [0.3, 0.4) is 0 Å². The third-order valence-corrected chi connectivity index (χ3v) is 3.93. The predicted octanol–water partition coefficient (Wildman–Crippen LogP) is 3.04. The molecule has 0 aliphatic heterocycles. The molecule has 0 aliphatic rings. The lowest BCUT2D eigenvalue weighted by Crippen LogP contribution is -2.24. The molecule has 1 N–H and O–H groups in total. The van der Waals surface area contributed by atoms with Crippen LogP contribution in [0.15, 0.2) is 23.4 Å². The highest BCUT2D eigenvalue weighted by molar-refractivity contribution is 7.99. The van der Waals surface area contributed by atoms with Gasteiger partial charge in [0.15, 0.2) is 0 Å². The van der Waals surface area contributed by atoms with Crippen molar-refractivity contribution in [2.45, 2.75) is 25.9 Å². The summed E-state index contributed by atoms with van der Waals surface area (Å²) in [5.41, 5.74) is 4.22. The van der Waals surface area contributed by atoms with Gasteiger partial charge in [-0.3, -0.25) is 10.2 Å². The van der Waals surface area contributed by atoms with Gasteiger partial charge in [0.25, 0.3) is 5.91 Å². The van der Waals surface area contributed by atoms with E-state index in [1.54, 1.807) is 23.7 Å². The minimum atomic E-state index is -0.243. The van der Waals surface area contributed by atoms with Crippen molar-refractivity contribution in [3.63, 3.8) is 0 Å². The van der Waals surface area contributed by atoms with Gasteiger partial charge in [0, 0.05) is 10.6 Å². The first kappa shape index (κ1) is 14.9. The van der Waals surface area contributed by atoms with Crippen LogP contribution in [0.2, 0.25) is 5.02 Å². The van der Waals surface area contributed by atoms with Gasteiger partial charge >= 0.3 is 0 Å². The SMILES string of the molecule is CCSc1nnc(C)n1NC(=O)c1ccc(C)c(Cl)c1. The fourth-order valence-corrected chi connectivity index (χ4v) is 2.44. The van der Waals surface area contributed by atoms with E-state index in [9.17, 15) is 4.79 Å². The summed E-state index contributed by atoms with van der Waals surface area (Å²) in [6, 6.07) is 5.21. The number of benzene rings is 1. The van der Waals surface area contributed by atoms with Crippen molar-refractivity contribution in [3.8, 4) is 0 Å². The van der Waals surface area contributed by atoms with E-state index in [0.717, 1.165) is 11.3 Å². The highest BCUT2D eigenvalue weighted by Gasteiger charge is 2.13. The number of carbonyl (C=O) groups excluding carboxylic acids is 1. The van der Waals surface area contributed by atoms with Gasteiger partial charge in [0.05, 0.1) is 0 Å². The van der Waals surface area contributed by atoms with Gasteiger partial charge in [-0.05, 0) is 37.3 Å². The van der Waals surface area contributed by atoms with Gasteiger partial charge < -0.3 is 0 Å². The molecule has 0 saturated heterocycles. The largest absolute Gasteiger partial charge is 0.270 e. The Morgan fingerprint density at radius 3 is 2.80 bits per heavy atom. The molecule has 1 amide bonds. The lowest BCUT2D eigenvalue weighted by atomic mass is 10.1. The van der Waals surface area contributed by atoms with E-state index >= 15 is 0 Å². The number of rotatable bonds is 4. The summed E-state index contributed by atoms with van der Waals surface area (Å²) < 4.78 is 1.59. The number of hydrogen-bond donors (Lipinski definition) is 1. The quantitative estimate of drug-likeness (QED) is 0.882. The van der Waals surface area contributed by atoms with Gasteiger partial charge in [-0.1, -0.05) is 36.4 Å². The molecule has 1 heterocycles. The molecule has 0 radical (unpaired) electrons. The summed E-state index contributed by atoms with van der Waals surface area (Å²) in [6.07, 6.45) is 0. The Balaban J connectivity index is 2.23. The first-order valence-corrected chi connectivity index (χ1v) is 7.51. The van der Waals surface area contributed by atoms with E-state index in [1.165, 1.54) is 11.8 Å². The Morgan fingerprint density at radius 2 is 2.15 bits per heavy atom. The zero-order chi connectivity index (χ0) is 14.7. The zero-order valence-corrected chi connectivity index (χ0v) is 13.0. The molecular weight excluding hydrogens is 296 g/mol. The highest BCUT2D eigenvalue weighted by Crippen LogP contribution is 2.18. The molecule has 106 valence electrons. The van der Waals surface area contributed by atoms with Crippen LogP contribution in [-0.2, 0) is 0 Å². The van der Waals surface area contributed by atoms with Crippen molar-refractivity contribution in [1.29, 1.82) is 0 Å². The van der Waals surface area contributed by atoms with Crippen LogP contribution in [0.1, 0.15) is 28.7 Å². The molecular formula is C13H15ClN4OS. The molecule has 1 aromatic carbocycles. The molecule has 0 aliphatic carbocycles. The Kier molecular flexibility index (Phi) is 4.67. The summed E-state index contributed by atoms with van der Waals surface area (Å²) in [4.78, 5) is 12.2. The topological polar surface area (TPSA) is 59.8 Å². The van der Waals surface area contributed by atoms with Crippen LogP contribution in [0.4, 0.5) is 0 Å². The fourth-order valence-electron chi connectivity index (χ4n) is 1.59. The standard InChI is InChI=1S/C13H15ClN4OS/c1-4-20-13-16-15-9(3)18(13)17-12(19)10-6-5-8(2)11(14)7-10/h5-7H,4H2,1-3H3,(H,17,19). The number of aryl methyl sites for hydroxylation is 2. The van der Waals surface area contributed by atoms with Crippen molar-refractivity contribution in [3.05, 3.63) is 40.2 Å². The second kappa shape index (κ2) is 6.28. The molecule has 5 nitrogen and oxygen atoms in total. The van der Waals surface area contributed by atoms with Crippen LogP contribution in [0.5, 0.6) is 0 Å². The molecule has 0 unspecified atom stereocenters. The van der Waals surface area contributed by atoms with E-state index in [2.05, 4.69) is 15.6 Å². The van der Waals surface area contributed by atoms with Gasteiger partial charge in [0.2, 0.25) is 5.16 Å². The number of thioether (sulfide) groups is 1. The van der Waals surface area contributed by atoms with Gasteiger partial charge in [-0.15, -0.1) is 10.2 Å². The second-order valence-corrected chi connectivity index (χ2v) is 5.84. The summed E-state index contributed by atoms with van der Waals surface area (Å²) >= 11 is 7.55.